The van der Waals surface area contributed by atoms with Crippen molar-refractivity contribution >= 4 is 11.8 Å². The van der Waals surface area contributed by atoms with E-state index < -0.39 is 6.04 Å². The highest BCUT2D eigenvalue weighted by Gasteiger charge is 2.25. The van der Waals surface area contributed by atoms with Crippen LogP contribution < -0.4 is 5.32 Å². The van der Waals surface area contributed by atoms with Gasteiger partial charge in [0.1, 0.15) is 6.04 Å². The first-order valence-electron chi connectivity index (χ1n) is 10.2. The summed E-state index contributed by atoms with van der Waals surface area (Å²) < 4.78 is 0. The molecular weight excluding hydrogens is 348 g/mol. The van der Waals surface area contributed by atoms with Crippen LogP contribution >= 0.6 is 0 Å². The molecule has 0 radical (unpaired) electrons. The molecule has 4 heteroatoms. The van der Waals surface area contributed by atoms with Gasteiger partial charge >= 0.3 is 0 Å². The van der Waals surface area contributed by atoms with E-state index in [1.807, 2.05) is 37.3 Å². The van der Waals surface area contributed by atoms with Crippen LogP contribution in [0, 0.1) is 6.92 Å². The molecule has 0 saturated carbocycles. The van der Waals surface area contributed by atoms with Gasteiger partial charge in [-0.15, -0.1) is 0 Å². The third-order valence-corrected chi connectivity index (χ3v) is 4.94. The van der Waals surface area contributed by atoms with Crippen LogP contribution in [0.2, 0.25) is 0 Å². The van der Waals surface area contributed by atoms with Crippen molar-refractivity contribution in [3.8, 4) is 0 Å². The van der Waals surface area contributed by atoms with Crippen molar-refractivity contribution in [1.29, 1.82) is 0 Å². The number of amides is 2. The van der Waals surface area contributed by atoms with Gasteiger partial charge in [0.25, 0.3) is 0 Å². The standard InChI is InChI=1S/C24H32N2O2/c1-4-5-17-25-24(28)20(3)26(18-22-9-7-6-8-10-22)23(27)16-15-21-13-11-19(2)12-14-21/h6-14,20H,4-5,15-18H2,1-3H3,(H,25,28)/t20-/m1/s1. The lowest BCUT2D eigenvalue weighted by molar-refractivity contribution is -0.140. The van der Waals surface area contributed by atoms with Crippen molar-refractivity contribution in [1.82, 2.24) is 10.2 Å². The summed E-state index contributed by atoms with van der Waals surface area (Å²) in [5.41, 5.74) is 3.37. The minimum absolute atomic E-state index is 0.00238. The number of rotatable bonds is 10. The van der Waals surface area contributed by atoms with Crippen LogP contribution in [0.15, 0.2) is 54.6 Å². The normalized spacial score (nSPS) is 11.7. The Bertz CT molecular complexity index is 741. The number of hydrogen-bond donors (Lipinski definition) is 1. The molecule has 2 amide bonds. The third kappa shape index (κ3) is 6.84. The Morgan fingerprint density at radius 1 is 1.00 bits per heavy atom. The summed E-state index contributed by atoms with van der Waals surface area (Å²) in [5, 5.41) is 2.95. The number of nitrogens with one attached hydrogen (secondary N) is 1. The Morgan fingerprint density at radius 2 is 1.68 bits per heavy atom. The fraction of sp³-hybridized carbons (Fsp3) is 0.417. The second-order valence-corrected chi connectivity index (χ2v) is 7.31. The van der Waals surface area contributed by atoms with Crippen molar-refractivity contribution in [2.24, 2.45) is 0 Å². The Balaban J connectivity index is 2.06. The maximum absolute atomic E-state index is 13.0. The van der Waals surface area contributed by atoms with E-state index in [0.717, 1.165) is 24.0 Å². The number of unbranched alkanes of at least 4 members (excludes halogenated alkanes) is 1. The monoisotopic (exact) mass is 380 g/mol. The van der Waals surface area contributed by atoms with Gasteiger partial charge in [-0.25, -0.2) is 0 Å². The highest BCUT2D eigenvalue weighted by molar-refractivity contribution is 5.87. The zero-order chi connectivity index (χ0) is 20.4. The molecule has 150 valence electrons. The summed E-state index contributed by atoms with van der Waals surface area (Å²) in [6.45, 7) is 7.04. The Hall–Kier alpha value is -2.62. The van der Waals surface area contributed by atoms with Crippen molar-refractivity contribution < 1.29 is 9.59 Å². The van der Waals surface area contributed by atoms with Gasteiger partial charge in [0.2, 0.25) is 11.8 Å². The largest absolute Gasteiger partial charge is 0.354 e. The maximum atomic E-state index is 13.0. The summed E-state index contributed by atoms with van der Waals surface area (Å²) in [7, 11) is 0. The molecule has 0 unspecified atom stereocenters. The third-order valence-electron chi connectivity index (χ3n) is 4.94. The van der Waals surface area contributed by atoms with Gasteiger partial charge in [0.15, 0.2) is 0 Å². The zero-order valence-electron chi connectivity index (χ0n) is 17.3. The molecule has 4 nitrogen and oxygen atoms in total. The molecule has 0 heterocycles. The summed E-state index contributed by atoms with van der Waals surface area (Å²) in [6.07, 6.45) is 3.04. The first-order valence-corrected chi connectivity index (χ1v) is 10.2. The summed E-state index contributed by atoms with van der Waals surface area (Å²) in [4.78, 5) is 27.3. The number of benzene rings is 2. The molecule has 0 aliphatic rings. The number of aryl methyl sites for hydroxylation is 2. The Kier molecular flexibility index (Phi) is 8.73. The fourth-order valence-corrected chi connectivity index (χ4v) is 3.05. The molecule has 0 aliphatic carbocycles. The molecule has 0 spiro atoms. The molecule has 0 fully saturated rings. The predicted octanol–water partition coefficient (Wildman–Crippen LogP) is 4.26. The van der Waals surface area contributed by atoms with Gasteiger partial charge in [-0.2, -0.15) is 0 Å². The average Bonchev–Trinajstić information content (AvgIpc) is 2.71. The van der Waals surface area contributed by atoms with E-state index in [2.05, 4.69) is 43.4 Å². The molecule has 2 aromatic carbocycles. The molecule has 0 saturated heterocycles. The second-order valence-electron chi connectivity index (χ2n) is 7.31. The predicted molar refractivity (Wildman–Crippen MR) is 114 cm³/mol. The van der Waals surface area contributed by atoms with E-state index in [0.29, 0.717) is 25.9 Å². The van der Waals surface area contributed by atoms with E-state index in [4.69, 9.17) is 0 Å². The van der Waals surface area contributed by atoms with Crippen LogP contribution in [0.25, 0.3) is 0 Å². The van der Waals surface area contributed by atoms with Crippen LogP contribution in [0.1, 0.15) is 49.8 Å². The van der Waals surface area contributed by atoms with E-state index in [1.165, 1.54) is 5.56 Å². The molecule has 0 aromatic heterocycles. The molecule has 2 aromatic rings. The SMILES string of the molecule is CCCCNC(=O)[C@@H](C)N(Cc1ccccc1)C(=O)CCc1ccc(C)cc1. The smallest absolute Gasteiger partial charge is 0.242 e. The molecule has 28 heavy (non-hydrogen) atoms. The van der Waals surface area contributed by atoms with E-state index in [1.54, 1.807) is 4.90 Å². The molecular formula is C24H32N2O2. The van der Waals surface area contributed by atoms with Crippen molar-refractivity contribution in [3.05, 3.63) is 71.3 Å². The van der Waals surface area contributed by atoms with E-state index in [9.17, 15) is 9.59 Å². The lowest BCUT2D eigenvalue weighted by atomic mass is 10.1. The minimum Gasteiger partial charge on any atom is -0.354 e. The van der Waals surface area contributed by atoms with Gasteiger partial charge in [0.05, 0.1) is 0 Å². The van der Waals surface area contributed by atoms with Gasteiger partial charge in [-0.05, 0) is 37.8 Å². The van der Waals surface area contributed by atoms with Crippen molar-refractivity contribution in [2.75, 3.05) is 6.54 Å². The Morgan fingerprint density at radius 3 is 2.32 bits per heavy atom. The van der Waals surface area contributed by atoms with Crippen molar-refractivity contribution in [3.63, 3.8) is 0 Å². The second kappa shape index (κ2) is 11.3. The van der Waals surface area contributed by atoms with Crippen LogP contribution in [-0.2, 0) is 22.6 Å². The zero-order valence-corrected chi connectivity index (χ0v) is 17.3. The first kappa shape index (κ1) is 21.7. The quantitative estimate of drug-likeness (QED) is 0.626. The lowest BCUT2D eigenvalue weighted by Gasteiger charge is -2.29. The first-order chi connectivity index (χ1) is 13.5. The highest BCUT2D eigenvalue weighted by atomic mass is 16.2. The molecule has 0 aliphatic heterocycles. The average molecular weight is 381 g/mol. The van der Waals surface area contributed by atoms with Gasteiger partial charge in [-0.3, -0.25) is 9.59 Å². The van der Waals surface area contributed by atoms with Crippen molar-refractivity contribution in [2.45, 2.75) is 59.0 Å². The number of carbonyl (C=O) groups excluding carboxylic acids is 2. The van der Waals surface area contributed by atoms with Gasteiger partial charge in [-0.1, -0.05) is 73.5 Å². The minimum atomic E-state index is -0.498. The summed E-state index contributed by atoms with van der Waals surface area (Å²) >= 11 is 0. The number of hydrogen-bond acceptors (Lipinski definition) is 2. The fourth-order valence-electron chi connectivity index (χ4n) is 3.05. The topological polar surface area (TPSA) is 49.4 Å². The Labute approximate surface area is 169 Å². The van der Waals surface area contributed by atoms with Crippen LogP contribution in [0.3, 0.4) is 0 Å². The number of nitrogens with zero attached hydrogens (tertiary/aromatic N) is 1. The lowest BCUT2D eigenvalue weighted by Crippen LogP contribution is -2.47. The highest BCUT2D eigenvalue weighted by Crippen LogP contribution is 2.13. The maximum Gasteiger partial charge on any atom is 0.242 e. The van der Waals surface area contributed by atoms with Gasteiger partial charge in [0, 0.05) is 19.5 Å². The van der Waals surface area contributed by atoms with Crippen LogP contribution in [0.5, 0.6) is 0 Å². The molecule has 1 N–H and O–H groups in total. The molecule has 1 atom stereocenters. The van der Waals surface area contributed by atoms with E-state index in [-0.39, 0.29) is 11.8 Å². The summed E-state index contributed by atoms with van der Waals surface area (Å²) in [5.74, 6) is -0.0874. The van der Waals surface area contributed by atoms with Crippen LogP contribution in [-0.4, -0.2) is 29.3 Å². The van der Waals surface area contributed by atoms with Crippen LogP contribution in [0.4, 0.5) is 0 Å². The molecule has 2 rings (SSSR count). The summed E-state index contributed by atoms with van der Waals surface area (Å²) in [6, 6.07) is 17.6. The number of carbonyl (C=O) groups is 2. The van der Waals surface area contributed by atoms with E-state index >= 15 is 0 Å². The molecule has 0 bridgehead atoms. The van der Waals surface area contributed by atoms with Gasteiger partial charge < -0.3 is 10.2 Å².